The van der Waals surface area contributed by atoms with E-state index < -0.39 is 12.0 Å². The van der Waals surface area contributed by atoms with Crippen LogP contribution in [0.3, 0.4) is 0 Å². The van der Waals surface area contributed by atoms with Crippen molar-refractivity contribution in [2.24, 2.45) is 4.99 Å². The summed E-state index contributed by atoms with van der Waals surface area (Å²) in [5, 5.41) is 5.69. The van der Waals surface area contributed by atoms with E-state index in [9.17, 15) is 9.59 Å². The summed E-state index contributed by atoms with van der Waals surface area (Å²) in [5.74, 6) is 0.633. The average Bonchev–Trinajstić information content (AvgIpc) is 3.65. The first-order chi connectivity index (χ1) is 18.0. The summed E-state index contributed by atoms with van der Waals surface area (Å²) in [6.45, 7) is 2.20. The average molecular weight is 520 g/mol. The number of carbonyl (C=O) groups is 2. The Bertz CT molecular complexity index is 1300. The van der Waals surface area contributed by atoms with Gasteiger partial charge in [-0.3, -0.25) is 4.79 Å². The normalized spacial score (nSPS) is 18.6. The number of amides is 1. The van der Waals surface area contributed by atoms with Gasteiger partial charge in [-0.15, -0.1) is 0 Å². The maximum Gasteiger partial charge on any atom is 0.338 e. The summed E-state index contributed by atoms with van der Waals surface area (Å²) in [7, 11) is 2.95. The molecule has 1 amide bonds. The highest BCUT2D eigenvalue weighted by Crippen LogP contribution is 2.46. The molecule has 2 aromatic carbocycles. The van der Waals surface area contributed by atoms with Gasteiger partial charge >= 0.3 is 5.97 Å². The Morgan fingerprint density at radius 3 is 2.59 bits per heavy atom. The lowest BCUT2D eigenvalue weighted by Gasteiger charge is -2.36. The lowest BCUT2D eigenvalue weighted by Crippen LogP contribution is -2.38. The lowest BCUT2D eigenvalue weighted by molar-refractivity contribution is -0.136. The van der Waals surface area contributed by atoms with E-state index in [1.165, 1.54) is 18.9 Å². The number of thioether (sulfide) groups is 1. The van der Waals surface area contributed by atoms with Gasteiger partial charge in [-0.05, 0) is 48.4 Å². The second-order valence-corrected chi connectivity index (χ2v) is 9.92. The number of rotatable bonds is 9. The van der Waals surface area contributed by atoms with Crippen LogP contribution < -0.4 is 14.8 Å². The third-order valence-electron chi connectivity index (χ3n) is 6.43. The molecule has 1 aliphatic carbocycles. The molecule has 1 N–H and O–H groups in total. The zero-order valence-electron chi connectivity index (χ0n) is 21.0. The van der Waals surface area contributed by atoms with E-state index in [1.807, 2.05) is 58.8 Å². The summed E-state index contributed by atoms with van der Waals surface area (Å²) in [6.07, 6.45) is 2.24. The van der Waals surface area contributed by atoms with Gasteiger partial charge in [0.05, 0.1) is 38.0 Å². The number of nitrogens with zero attached hydrogens (tertiary/aromatic N) is 2. The zero-order chi connectivity index (χ0) is 25.9. The van der Waals surface area contributed by atoms with E-state index in [2.05, 4.69) is 10.3 Å². The van der Waals surface area contributed by atoms with Gasteiger partial charge in [-0.2, -0.15) is 0 Å². The Hall–Kier alpha value is -3.72. The van der Waals surface area contributed by atoms with Crippen LogP contribution in [-0.4, -0.2) is 42.2 Å². The van der Waals surface area contributed by atoms with Gasteiger partial charge < -0.3 is 24.4 Å². The van der Waals surface area contributed by atoms with Crippen molar-refractivity contribution in [3.05, 3.63) is 82.0 Å². The van der Waals surface area contributed by atoms with E-state index in [4.69, 9.17) is 14.2 Å². The molecular weight excluding hydrogens is 490 g/mol. The van der Waals surface area contributed by atoms with Crippen molar-refractivity contribution in [2.45, 2.75) is 44.9 Å². The van der Waals surface area contributed by atoms with Crippen molar-refractivity contribution in [3.8, 4) is 11.5 Å². The van der Waals surface area contributed by atoms with Gasteiger partial charge in [0.2, 0.25) is 5.91 Å². The van der Waals surface area contributed by atoms with Crippen LogP contribution in [0.15, 0.2) is 75.9 Å². The minimum atomic E-state index is -0.535. The summed E-state index contributed by atoms with van der Waals surface area (Å²) in [4.78, 5) is 32.3. The fourth-order valence-electron chi connectivity index (χ4n) is 4.44. The quantitative estimate of drug-likeness (QED) is 0.481. The number of ether oxygens (including phenoxy) is 3. The number of nitrogens with one attached hydrogen (secondary N) is 1. The number of hydrogen-bond acceptors (Lipinski definition) is 8. The fraction of sp³-hybridized carbons (Fsp3) is 0.321. The van der Waals surface area contributed by atoms with Crippen molar-refractivity contribution >= 4 is 28.8 Å². The van der Waals surface area contributed by atoms with Crippen molar-refractivity contribution in [3.63, 3.8) is 0 Å². The fourth-order valence-corrected chi connectivity index (χ4v) is 5.40. The van der Waals surface area contributed by atoms with Crippen LogP contribution in [0.1, 0.15) is 43.4 Å². The molecular formula is C28H29N3O5S. The number of amidine groups is 1. The Balaban J connectivity index is 1.47. The molecule has 2 aromatic rings. The Labute approximate surface area is 220 Å². The molecule has 0 saturated heterocycles. The second kappa shape index (κ2) is 10.7. The van der Waals surface area contributed by atoms with Crippen LogP contribution in [0.25, 0.3) is 0 Å². The van der Waals surface area contributed by atoms with Crippen LogP contribution in [0, 0.1) is 0 Å². The van der Waals surface area contributed by atoms with Gasteiger partial charge in [0, 0.05) is 11.7 Å². The third-order valence-corrected chi connectivity index (χ3v) is 7.32. The van der Waals surface area contributed by atoms with Crippen LogP contribution in [0.4, 0.5) is 0 Å². The van der Waals surface area contributed by atoms with Crippen LogP contribution >= 0.6 is 11.8 Å². The minimum absolute atomic E-state index is 0.0394. The van der Waals surface area contributed by atoms with Crippen LogP contribution in [0.2, 0.25) is 0 Å². The molecule has 1 atom stereocenters. The maximum atomic E-state index is 13.0. The summed E-state index contributed by atoms with van der Waals surface area (Å²) < 4.78 is 16.9. The lowest BCUT2D eigenvalue weighted by atomic mass is 9.93. The smallest absolute Gasteiger partial charge is 0.338 e. The number of esters is 1. The molecule has 0 bridgehead atoms. The molecule has 1 saturated carbocycles. The topological polar surface area (TPSA) is 89.5 Å². The van der Waals surface area contributed by atoms with Crippen molar-refractivity contribution in [1.82, 2.24) is 10.2 Å². The van der Waals surface area contributed by atoms with Crippen LogP contribution in [-0.2, 0) is 20.9 Å². The SMILES string of the molecule is COC(=O)C1=C(C)N=C2SC=C(CC(=O)NC3CC3)N2[C@H]1c1ccc(OCc2ccccc2)c(OC)c1. The van der Waals surface area contributed by atoms with Gasteiger partial charge in [0.1, 0.15) is 6.61 Å². The molecule has 2 heterocycles. The Morgan fingerprint density at radius 2 is 1.89 bits per heavy atom. The standard InChI is InChI=1S/C28H29N3O5S/c1-17-25(27(33)35-3)26(31-21(16-37-28(31)29-17)14-24(32)30-20-10-11-20)19-9-12-22(23(13-19)34-2)36-15-18-7-5-4-6-8-18/h4-9,12-13,16,20,26H,10-11,14-15H2,1-3H3,(H,30,32)/t26-/m0/s1. The maximum absolute atomic E-state index is 13.0. The molecule has 9 heteroatoms. The molecule has 0 aromatic heterocycles. The molecule has 3 aliphatic rings. The molecule has 0 radical (unpaired) electrons. The molecule has 0 unspecified atom stereocenters. The first-order valence-corrected chi connectivity index (χ1v) is 13.0. The highest BCUT2D eigenvalue weighted by atomic mass is 32.2. The van der Waals surface area contributed by atoms with Crippen molar-refractivity contribution < 1.29 is 23.8 Å². The molecule has 2 aliphatic heterocycles. The third kappa shape index (κ3) is 5.36. The van der Waals surface area contributed by atoms with Gasteiger partial charge in [0.25, 0.3) is 0 Å². The zero-order valence-corrected chi connectivity index (χ0v) is 21.8. The molecule has 8 nitrogen and oxygen atoms in total. The first kappa shape index (κ1) is 25.0. The molecule has 192 valence electrons. The number of benzene rings is 2. The highest BCUT2D eigenvalue weighted by molar-refractivity contribution is 8.16. The Morgan fingerprint density at radius 1 is 1.11 bits per heavy atom. The van der Waals surface area contributed by atoms with E-state index in [0.29, 0.717) is 34.5 Å². The summed E-state index contributed by atoms with van der Waals surface area (Å²) >= 11 is 1.44. The summed E-state index contributed by atoms with van der Waals surface area (Å²) in [5.41, 5.74) is 3.62. The molecule has 1 fully saturated rings. The molecule has 5 rings (SSSR count). The van der Waals surface area contributed by atoms with Gasteiger partial charge in [0.15, 0.2) is 16.7 Å². The van der Waals surface area contributed by atoms with Crippen molar-refractivity contribution in [2.75, 3.05) is 14.2 Å². The number of allylic oxidation sites excluding steroid dienone is 1. The highest BCUT2D eigenvalue weighted by Gasteiger charge is 2.41. The van der Waals surface area contributed by atoms with E-state index in [-0.39, 0.29) is 18.4 Å². The number of hydrogen-bond donors (Lipinski definition) is 1. The predicted molar refractivity (Wildman–Crippen MR) is 142 cm³/mol. The number of fused-ring (bicyclic) bond motifs is 1. The number of methoxy groups -OCH3 is 2. The summed E-state index contributed by atoms with van der Waals surface area (Å²) in [6, 6.07) is 15.3. The Kier molecular flexibility index (Phi) is 7.23. The number of aliphatic imine (C=N–C) groups is 1. The number of carbonyl (C=O) groups excluding carboxylic acids is 2. The predicted octanol–water partition coefficient (Wildman–Crippen LogP) is 4.69. The van der Waals surface area contributed by atoms with Gasteiger partial charge in [-0.25, -0.2) is 9.79 Å². The van der Waals surface area contributed by atoms with Gasteiger partial charge in [-0.1, -0.05) is 48.2 Å². The second-order valence-electron chi connectivity index (χ2n) is 9.09. The largest absolute Gasteiger partial charge is 0.493 e. The van der Waals surface area contributed by atoms with E-state index in [0.717, 1.165) is 29.7 Å². The van der Waals surface area contributed by atoms with E-state index in [1.54, 1.807) is 14.0 Å². The monoisotopic (exact) mass is 519 g/mol. The van der Waals surface area contributed by atoms with E-state index >= 15 is 0 Å². The minimum Gasteiger partial charge on any atom is -0.493 e. The van der Waals surface area contributed by atoms with Crippen molar-refractivity contribution in [1.29, 1.82) is 0 Å². The van der Waals surface area contributed by atoms with Crippen LogP contribution in [0.5, 0.6) is 11.5 Å². The first-order valence-electron chi connectivity index (χ1n) is 12.1. The molecule has 37 heavy (non-hydrogen) atoms. The molecule has 0 spiro atoms.